The van der Waals surface area contributed by atoms with Crippen LogP contribution in [0, 0.1) is 0 Å². The van der Waals surface area contributed by atoms with Crippen molar-refractivity contribution >= 4 is 46.7 Å². The van der Waals surface area contributed by atoms with Crippen molar-refractivity contribution in [2.75, 3.05) is 10.6 Å². The van der Waals surface area contributed by atoms with Crippen LogP contribution in [0.2, 0.25) is 0 Å². The molecule has 0 bridgehead atoms. The molecule has 2 N–H and O–H groups in total. The Morgan fingerprint density at radius 1 is 0.425 bits per heavy atom. The molecule has 5 rings (SSSR count). The Kier molecular flexibility index (Phi) is 9.35. The van der Waals surface area contributed by atoms with Gasteiger partial charge in [0.15, 0.2) is 0 Å². The molecule has 0 saturated heterocycles. The van der Waals surface area contributed by atoms with Gasteiger partial charge in [-0.15, -0.1) is 23.5 Å². The SMILES string of the molecule is O=C(Nc1ccccc1NC(=O)[C@H](Sc1ccccc1)c1ccccc1)[C@@H](Sc1ccccc1)c1ccccc1. The second kappa shape index (κ2) is 13.7. The summed E-state index contributed by atoms with van der Waals surface area (Å²) in [6.45, 7) is 0. The summed E-state index contributed by atoms with van der Waals surface area (Å²) < 4.78 is 0. The van der Waals surface area contributed by atoms with Gasteiger partial charge in [-0.3, -0.25) is 9.59 Å². The van der Waals surface area contributed by atoms with Gasteiger partial charge in [0, 0.05) is 9.79 Å². The molecule has 0 aromatic heterocycles. The quantitative estimate of drug-likeness (QED) is 0.168. The van der Waals surface area contributed by atoms with E-state index in [1.807, 2.05) is 146 Å². The van der Waals surface area contributed by atoms with Crippen molar-refractivity contribution in [1.29, 1.82) is 0 Å². The number of amides is 2. The van der Waals surface area contributed by atoms with E-state index in [9.17, 15) is 9.59 Å². The maximum absolute atomic E-state index is 13.7. The zero-order chi connectivity index (χ0) is 27.6. The van der Waals surface area contributed by atoms with Crippen molar-refractivity contribution < 1.29 is 9.59 Å². The van der Waals surface area contributed by atoms with E-state index < -0.39 is 10.5 Å². The molecule has 2 atom stereocenters. The van der Waals surface area contributed by atoms with E-state index >= 15 is 0 Å². The third-order valence-electron chi connectivity index (χ3n) is 6.12. The van der Waals surface area contributed by atoms with E-state index in [2.05, 4.69) is 10.6 Å². The van der Waals surface area contributed by atoms with Crippen molar-refractivity contribution in [3.05, 3.63) is 157 Å². The molecule has 6 heteroatoms. The van der Waals surface area contributed by atoms with Gasteiger partial charge in [-0.1, -0.05) is 109 Å². The van der Waals surface area contributed by atoms with Crippen molar-refractivity contribution in [3.63, 3.8) is 0 Å². The molecule has 5 aromatic carbocycles. The monoisotopic (exact) mass is 560 g/mol. The number of rotatable bonds is 10. The molecular weight excluding hydrogens is 533 g/mol. The maximum Gasteiger partial charge on any atom is 0.242 e. The van der Waals surface area contributed by atoms with Crippen molar-refractivity contribution in [2.24, 2.45) is 0 Å². The topological polar surface area (TPSA) is 58.2 Å². The highest BCUT2D eigenvalue weighted by Gasteiger charge is 2.25. The van der Waals surface area contributed by atoms with Crippen LogP contribution in [0.4, 0.5) is 11.4 Å². The number of hydrogen-bond acceptors (Lipinski definition) is 4. The fraction of sp³-hybridized carbons (Fsp3) is 0.0588. The van der Waals surface area contributed by atoms with Crippen LogP contribution >= 0.6 is 23.5 Å². The number of anilines is 2. The zero-order valence-corrected chi connectivity index (χ0v) is 23.3. The summed E-state index contributed by atoms with van der Waals surface area (Å²) in [6.07, 6.45) is 0. The van der Waals surface area contributed by atoms with Gasteiger partial charge in [-0.25, -0.2) is 0 Å². The lowest BCUT2D eigenvalue weighted by Gasteiger charge is -2.20. The Bertz CT molecular complexity index is 1410. The van der Waals surface area contributed by atoms with Gasteiger partial charge >= 0.3 is 0 Å². The Hall–Kier alpha value is -4.26. The summed E-state index contributed by atoms with van der Waals surface area (Å²) in [6, 6.07) is 46.5. The van der Waals surface area contributed by atoms with Gasteiger partial charge in [0.25, 0.3) is 0 Å². The largest absolute Gasteiger partial charge is 0.323 e. The van der Waals surface area contributed by atoms with Crippen LogP contribution in [-0.2, 0) is 9.59 Å². The zero-order valence-electron chi connectivity index (χ0n) is 21.6. The van der Waals surface area contributed by atoms with Crippen LogP contribution in [0.25, 0.3) is 0 Å². The maximum atomic E-state index is 13.7. The molecule has 0 heterocycles. The molecule has 40 heavy (non-hydrogen) atoms. The first-order chi connectivity index (χ1) is 19.7. The predicted octanol–water partition coefficient (Wildman–Crippen LogP) is 8.63. The summed E-state index contributed by atoms with van der Waals surface area (Å²) in [5, 5.41) is 5.22. The van der Waals surface area contributed by atoms with E-state index in [4.69, 9.17) is 0 Å². The number of carbonyl (C=O) groups is 2. The Balaban J connectivity index is 1.38. The van der Waals surface area contributed by atoms with E-state index in [-0.39, 0.29) is 11.8 Å². The standard InChI is InChI=1S/C34H28N2O2S2/c37-33(31(25-15-5-1-6-16-25)39-27-19-9-3-10-20-27)35-29-23-13-14-24-30(29)36-34(38)32(26-17-7-2-8-18-26)40-28-21-11-4-12-22-28/h1-24,31-32H,(H,35,37)(H,36,38)/t31-,32+. The van der Waals surface area contributed by atoms with Gasteiger partial charge in [0.05, 0.1) is 11.4 Å². The molecule has 4 nitrogen and oxygen atoms in total. The summed E-state index contributed by atoms with van der Waals surface area (Å²) in [4.78, 5) is 29.4. The molecule has 0 aliphatic heterocycles. The summed E-state index contributed by atoms with van der Waals surface area (Å²) >= 11 is 2.98. The first kappa shape index (κ1) is 27.3. The lowest BCUT2D eigenvalue weighted by atomic mass is 10.1. The van der Waals surface area contributed by atoms with Crippen molar-refractivity contribution in [1.82, 2.24) is 0 Å². The van der Waals surface area contributed by atoms with Gasteiger partial charge in [-0.2, -0.15) is 0 Å². The smallest absolute Gasteiger partial charge is 0.242 e. The highest BCUT2D eigenvalue weighted by Crippen LogP contribution is 2.38. The summed E-state index contributed by atoms with van der Waals surface area (Å²) in [7, 11) is 0. The molecule has 0 fully saturated rings. The minimum absolute atomic E-state index is 0.167. The van der Waals surface area contributed by atoms with E-state index in [1.54, 1.807) is 0 Å². The Morgan fingerprint density at radius 3 is 1.07 bits per heavy atom. The van der Waals surface area contributed by atoms with E-state index in [0.717, 1.165) is 20.9 Å². The Morgan fingerprint density at radius 2 is 0.725 bits per heavy atom. The van der Waals surface area contributed by atoms with Gasteiger partial charge in [0.2, 0.25) is 11.8 Å². The predicted molar refractivity (Wildman–Crippen MR) is 167 cm³/mol. The minimum atomic E-state index is -0.474. The fourth-order valence-electron chi connectivity index (χ4n) is 4.17. The average molecular weight is 561 g/mol. The number of benzene rings is 5. The number of thioether (sulfide) groups is 2. The molecule has 0 saturated carbocycles. The van der Waals surface area contributed by atoms with E-state index in [1.165, 1.54) is 23.5 Å². The number of hydrogen-bond donors (Lipinski definition) is 2. The van der Waals surface area contributed by atoms with Crippen molar-refractivity contribution in [3.8, 4) is 0 Å². The van der Waals surface area contributed by atoms with Crippen LogP contribution < -0.4 is 10.6 Å². The third-order valence-corrected chi connectivity index (χ3v) is 8.65. The van der Waals surface area contributed by atoms with Crippen molar-refractivity contribution in [2.45, 2.75) is 20.3 Å². The molecule has 5 aromatic rings. The van der Waals surface area contributed by atoms with Gasteiger partial charge < -0.3 is 10.6 Å². The molecular formula is C34H28N2O2S2. The number of para-hydroxylation sites is 2. The molecule has 0 spiro atoms. The third kappa shape index (κ3) is 7.23. The molecule has 2 amide bonds. The van der Waals surface area contributed by atoms with Crippen LogP contribution in [0.5, 0.6) is 0 Å². The lowest BCUT2D eigenvalue weighted by Crippen LogP contribution is -2.22. The number of nitrogens with one attached hydrogen (secondary N) is 2. The van der Waals surface area contributed by atoms with E-state index in [0.29, 0.717) is 11.4 Å². The summed E-state index contributed by atoms with van der Waals surface area (Å²) in [5.41, 5.74) is 2.90. The van der Waals surface area contributed by atoms with Crippen LogP contribution in [0.15, 0.2) is 155 Å². The van der Waals surface area contributed by atoms with Gasteiger partial charge in [0.1, 0.15) is 10.5 Å². The van der Waals surface area contributed by atoms with Crippen LogP contribution in [-0.4, -0.2) is 11.8 Å². The highest BCUT2D eigenvalue weighted by molar-refractivity contribution is 8.00. The molecule has 0 aliphatic carbocycles. The highest BCUT2D eigenvalue weighted by atomic mass is 32.2. The van der Waals surface area contributed by atoms with Crippen LogP contribution in [0.1, 0.15) is 21.6 Å². The van der Waals surface area contributed by atoms with Crippen LogP contribution in [0.3, 0.4) is 0 Å². The second-order valence-corrected chi connectivity index (χ2v) is 11.3. The normalized spacial score (nSPS) is 12.2. The molecule has 0 radical (unpaired) electrons. The first-order valence-corrected chi connectivity index (χ1v) is 14.7. The molecule has 0 aliphatic rings. The average Bonchev–Trinajstić information content (AvgIpc) is 3.01. The van der Waals surface area contributed by atoms with Gasteiger partial charge in [-0.05, 0) is 47.5 Å². The second-order valence-electron chi connectivity index (χ2n) is 8.97. The fourth-order valence-corrected chi connectivity index (χ4v) is 6.26. The summed E-state index contributed by atoms with van der Waals surface area (Å²) in [5.74, 6) is -0.333. The molecule has 198 valence electrons. The first-order valence-electron chi connectivity index (χ1n) is 12.9. The lowest BCUT2D eigenvalue weighted by molar-refractivity contribution is -0.116. The number of carbonyl (C=O) groups excluding carboxylic acids is 2. The molecule has 0 unspecified atom stereocenters. The Labute approximate surface area is 243 Å². The minimum Gasteiger partial charge on any atom is -0.323 e.